The second-order valence-corrected chi connectivity index (χ2v) is 6.33. The van der Waals surface area contributed by atoms with Crippen LogP contribution in [0.4, 0.5) is 11.8 Å². The van der Waals surface area contributed by atoms with E-state index in [1.165, 1.54) is 6.42 Å². The zero-order chi connectivity index (χ0) is 16.9. The van der Waals surface area contributed by atoms with Crippen molar-refractivity contribution in [1.29, 1.82) is 0 Å². The fourth-order valence-electron chi connectivity index (χ4n) is 3.27. The molecule has 0 aromatic carbocycles. The molecule has 0 bridgehead atoms. The van der Waals surface area contributed by atoms with E-state index in [2.05, 4.69) is 19.8 Å². The van der Waals surface area contributed by atoms with Gasteiger partial charge in [-0.3, -0.25) is 9.69 Å². The largest absolute Gasteiger partial charge is 0.481 e. The fourth-order valence-corrected chi connectivity index (χ4v) is 3.27. The van der Waals surface area contributed by atoms with Gasteiger partial charge in [0.1, 0.15) is 5.82 Å². The van der Waals surface area contributed by atoms with Gasteiger partial charge < -0.3 is 20.3 Å². The van der Waals surface area contributed by atoms with Crippen molar-refractivity contribution in [3.8, 4) is 5.88 Å². The lowest BCUT2D eigenvalue weighted by atomic mass is 10.1. The number of hydrogen-bond donors (Lipinski definition) is 1. The summed E-state index contributed by atoms with van der Waals surface area (Å²) in [5.41, 5.74) is 5.73. The van der Waals surface area contributed by atoms with E-state index < -0.39 is 0 Å². The second kappa shape index (κ2) is 7.65. The van der Waals surface area contributed by atoms with Gasteiger partial charge in [-0.05, 0) is 19.3 Å². The normalized spacial score (nSPS) is 19.4. The summed E-state index contributed by atoms with van der Waals surface area (Å²) in [7, 11) is 1.57. The molecular formula is C16H26N6O2. The molecule has 2 aliphatic rings. The summed E-state index contributed by atoms with van der Waals surface area (Å²) < 4.78 is 5.15. The Balaban J connectivity index is 1.52. The predicted molar refractivity (Wildman–Crippen MR) is 92.1 cm³/mol. The maximum Gasteiger partial charge on any atom is 0.236 e. The van der Waals surface area contributed by atoms with Crippen molar-refractivity contribution >= 4 is 17.7 Å². The van der Waals surface area contributed by atoms with Crippen molar-refractivity contribution in [2.45, 2.75) is 19.3 Å². The molecule has 1 amide bonds. The Labute approximate surface area is 142 Å². The molecular weight excluding hydrogens is 308 g/mol. The minimum atomic E-state index is 0.215. The molecule has 2 N–H and O–H groups in total. The predicted octanol–water partition coefficient (Wildman–Crippen LogP) is 0.202. The topological polar surface area (TPSA) is 87.8 Å². The number of nitrogens with zero attached hydrogens (tertiary/aromatic N) is 5. The smallest absolute Gasteiger partial charge is 0.236 e. The Bertz CT molecular complexity index is 568. The van der Waals surface area contributed by atoms with E-state index in [-0.39, 0.29) is 11.9 Å². The van der Waals surface area contributed by atoms with Gasteiger partial charge in [0.05, 0.1) is 13.7 Å². The van der Waals surface area contributed by atoms with Gasteiger partial charge in [-0.2, -0.15) is 9.97 Å². The van der Waals surface area contributed by atoms with Crippen molar-refractivity contribution in [3.63, 3.8) is 0 Å². The molecule has 24 heavy (non-hydrogen) atoms. The molecule has 3 heterocycles. The molecule has 0 radical (unpaired) electrons. The number of rotatable bonds is 4. The molecule has 132 valence electrons. The number of amides is 1. The van der Waals surface area contributed by atoms with E-state index in [4.69, 9.17) is 10.5 Å². The molecule has 2 saturated heterocycles. The Morgan fingerprint density at radius 1 is 1.12 bits per heavy atom. The van der Waals surface area contributed by atoms with Crippen LogP contribution in [0.15, 0.2) is 6.07 Å². The summed E-state index contributed by atoms with van der Waals surface area (Å²) in [5.74, 6) is 1.73. The van der Waals surface area contributed by atoms with Crippen LogP contribution in [-0.4, -0.2) is 78.6 Å². The lowest BCUT2D eigenvalue weighted by molar-refractivity contribution is -0.133. The van der Waals surface area contributed by atoms with E-state index >= 15 is 0 Å². The molecule has 8 nitrogen and oxygen atoms in total. The highest BCUT2D eigenvalue weighted by atomic mass is 16.5. The third-order valence-corrected chi connectivity index (χ3v) is 4.68. The third-order valence-electron chi connectivity index (χ3n) is 4.68. The number of carbonyl (C=O) groups excluding carboxylic acids is 1. The van der Waals surface area contributed by atoms with Gasteiger partial charge in [0.25, 0.3) is 0 Å². The monoisotopic (exact) mass is 334 g/mol. The minimum Gasteiger partial charge on any atom is -0.481 e. The first-order valence-corrected chi connectivity index (χ1v) is 8.59. The van der Waals surface area contributed by atoms with Gasteiger partial charge in [0.15, 0.2) is 0 Å². The van der Waals surface area contributed by atoms with Gasteiger partial charge >= 0.3 is 0 Å². The Morgan fingerprint density at radius 2 is 1.83 bits per heavy atom. The first-order valence-electron chi connectivity index (χ1n) is 8.59. The number of anilines is 2. The van der Waals surface area contributed by atoms with Gasteiger partial charge in [-0.25, -0.2) is 0 Å². The number of piperazine rings is 1. The molecule has 0 spiro atoms. The SMILES string of the molecule is COc1cc(N2CCN(CC(=O)N3CCCCC3)CC2)nc(N)n1. The molecule has 2 aliphatic heterocycles. The number of methoxy groups -OCH3 is 1. The van der Waals surface area contributed by atoms with Crippen molar-refractivity contribution in [2.24, 2.45) is 0 Å². The van der Waals surface area contributed by atoms with Crippen LogP contribution in [0, 0.1) is 0 Å². The number of likely N-dealkylation sites (tertiary alicyclic amines) is 1. The first-order chi connectivity index (χ1) is 11.7. The van der Waals surface area contributed by atoms with Crippen LogP contribution in [0.3, 0.4) is 0 Å². The van der Waals surface area contributed by atoms with Crippen LogP contribution in [0.2, 0.25) is 0 Å². The van der Waals surface area contributed by atoms with Crippen LogP contribution in [0.1, 0.15) is 19.3 Å². The lowest BCUT2D eigenvalue weighted by Crippen LogP contribution is -2.51. The first kappa shape index (κ1) is 16.8. The van der Waals surface area contributed by atoms with Crippen LogP contribution < -0.4 is 15.4 Å². The number of ether oxygens (including phenoxy) is 1. The number of nitrogens with two attached hydrogens (primary N) is 1. The van der Waals surface area contributed by atoms with Crippen molar-refractivity contribution < 1.29 is 9.53 Å². The van der Waals surface area contributed by atoms with Gasteiger partial charge in [-0.1, -0.05) is 0 Å². The number of piperidine rings is 1. The molecule has 0 unspecified atom stereocenters. The number of hydrogen-bond acceptors (Lipinski definition) is 7. The van der Waals surface area contributed by atoms with Gasteiger partial charge in [0.2, 0.25) is 17.7 Å². The van der Waals surface area contributed by atoms with Gasteiger partial charge in [-0.15, -0.1) is 0 Å². The van der Waals surface area contributed by atoms with Crippen molar-refractivity contribution in [1.82, 2.24) is 19.8 Å². The number of aromatic nitrogens is 2. The van der Waals surface area contributed by atoms with E-state index in [9.17, 15) is 4.79 Å². The van der Waals surface area contributed by atoms with E-state index in [0.29, 0.717) is 12.4 Å². The highest BCUT2D eigenvalue weighted by Gasteiger charge is 2.23. The molecule has 8 heteroatoms. The Morgan fingerprint density at radius 3 is 2.50 bits per heavy atom. The zero-order valence-corrected chi connectivity index (χ0v) is 14.3. The van der Waals surface area contributed by atoms with E-state index in [1.54, 1.807) is 13.2 Å². The van der Waals surface area contributed by atoms with Crippen molar-refractivity contribution in [3.05, 3.63) is 6.07 Å². The van der Waals surface area contributed by atoms with Gasteiger partial charge in [0, 0.05) is 45.3 Å². The van der Waals surface area contributed by atoms with E-state index in [1.807, 2.05) is 4.90 Å². The quantitative estimate of drug-likeness (QED) is 0.841. The standard InChI is InChI=1S/C16H26N6O2/c1-24-14-11-13(18-16(17)19-14)21-9-7-20(8-10-21)12-15(23)22-5-3-2-4-6-22/h11H,2-10,12H2,1H3,(H2,17,18,19). The average molecular weight is 334 g/mol. The summed E-state index contributed by atoms with van der Waals surface area (Å²) in [6.07, 6.45) is 3.51. The summed E-state index contributed by atoms with van der Waals surface area (Å²) in [6.45, 7) is 5.65. The van der Waals surface area contributed by atoms with Crippen molar-refractivity contribution in [2.75, 3.05) is 63.6 Å². The van der Waals surface area contributed by atoms with Crippen LogP contribution in [0.5, 0.6) is 5.88 Å². The maximum absolute atomic E-state index is 12.4. The average Bonchev–Trinajstić information content (AvgIpc) is 2.62. The summed E-state index contributed by atoms with van der Waals surface area (Å²) in [4.78, 5) is 27.0. The molecule has 1 aromatic rings. The highest BCUT2D eigenvalue weighted by Crippen LogP contribution is 2.20. The summed E-state index contributed by atoms with van der Waals surface area (Å²) in [6, 6.07) is 1.80. The maximum atomic E-state index is 12.4. The third kappa shape index (κ3) is 4.05. The molecule has 2 fully saturated rings. The Kier molecular flexibility index (Phi) is 5.34. The number of nitrogen functional groups attached to an aromatic ring is 1. The molecule has 0 aliphatic carbocycles. The molecule has 3 rings (SSSR count). The fraction of sp³-hybridized carbons (Fsp3) is 0.688. The van der Waals surface area contributed by atoms with Crippen LogP contribution >= 0.6 is 0 Å². The number of carbonyl (C=O) groups is 1. The second-order valence-electron chi connectivity index (χ2n) is 6.33. The minimum absolute atomic E-state index is 0.215. The molecule has 0 saturated carbocycles. The van der Waals surface area contributed by atoms with Crippen LogP contribution in [0.25, 0.3) is 0 Å². The summed E-state index contributed by atoms with van der Waals surface area (Å²) in [5, 5.41) is 0. The Hall–Kier alpha value is -2.09. The zero-order valence-electron chi connectivity index (χ0n) is 14.3. The lowest BCUT2D eigenvalue weighted by Gasteiger charge is -2.36. The highest BCUT2D eigenvalue weighted by molar-refractivity contribution is 5.78. The van der Waals surface area contributed by atoms with E-state index in [0.717, 1.165) is 57.9 Å². The van der Waals surface area contributed by atoms with Crippen LogP contribution in [-0.2, 0) is 4.79 Å². The molecule has 1 aromatic heterocycles. The summed E-state index contributed by atoms with van der Waals surface area (Å²) >= 11 is 0. The molecule has 0 atom stereocenters.